The van der Waals surface area contributed by atoms with Crippen molar-refractivity contribution in [2.24, 2.45) is 10.9 Å². The van der Waals surface area contributed by atoms with Gasteiger partial charge >= 0.3 is 0 Å². The lowest BCUT2D eigenvalue weighted by Crippen LogP contribution is -2.36. The van der Waals surface area contributed by atoms with Gasteiger partial charge in [0.2, 0.25) is 5.89 Å². The molecule has 30 heavy (non-hydrogen) atoms. The number of rotatable bonds is 8. The van der Waals surface area contributed by atoms with Gasteiger partial charge in [-0.05, 0) is 48.8 Å². The normalized spacial score (nSPS) is 13.6. The van der Waals surface area contributed by atoms with Gasteiger partial charge in [-0.25, -0.2) is 4.98 Å². The molecule has 0 radical (unpaired) electrons. The number of ether oxygens (including phenoxy) is 1. The van der Waals surface area contributed by atoms with Crippen molar-refractivity contribution < 1.29 is 9.15 Å². The van der Waals surface area contributed by atoms with Crippen LogP contribution in [0.4, 0.5) is 0 Å². The minimum atomic E-state index is 0. The molecule has 1 aliphatic rings. The Morgan fingerprint density at radius 3 is 2.83 bits per heavy atom. The molecule has 1 aliphatic carbocycles. The second-order valence-electron chi connectivity index (χ2n) is 7.27. The number of aliphatic imine (C=N–C) groups is 1. The van der Waals surface area contributed by atoms with Gasteiger partial charge in [0.25, 0.3) is 0 Å². The molecule has 0 atom stereocenters. The summed E-state index contributed by atoms with van der Waals surface area (Å²) in [6.07, 6.45) is 4.25. The van der Waals surface area contributed by atoms with E-state index in [9.17, 15) is 0 Å². The fourth-order valence-electron chi connectivity index (χ4n) is 2.91. The van der Waals surface area contributed by atoms with E-state index < -0.39 is 0 Å². The largest absolute Gasteiger partial charge is 0.493 e. The van der Waals surface area contributed by atoms with E-state index in [0.717, 1.165) is 34.4 Å². The van der Waals surface area contributed by atoms with E-state index >= 15 is 0 Å². The quantitative estimate of drug-likeness (QED) is 0.241. The van der Waals surface area contributed by atoms with Gasteiger partial charge < -0.3 is 19.8 Å². The van der Waals surface area contributed by atoms with Crippen LogP contribution in [0.2, 0.25) is 0 Å². The first kappa shape index (κ1) is 22.6. The number of nitrogens with one attached hydrogen (secondary N) is 2. The van der Waals surface area contributed by atoms with Crippen LogP contribution in [0.25, 0.3) is 10.8 Å². The number of aryl methyl sites for hydroxylation is 1. The Morgan fingerprint density at radius 2 is 2.10 bits per heavy atom. The minimum Gasteiger partial charge on any atom is -0.493 e. The highest BCUT2D eigenvalue weighted by molar-refractivity contribution is 14.0. The number of guanidine groups is 1. The highest BCUT2D eigenvalue weighted by Crippen LogP contribution is 2.30. The fraction of sp³-hybridized carbons (Fsp3) is 0.364. The zero-order chi connectivity index (χ0) is 20.1. The molecule has 2 aromatic heterocycles. The van der Waals surface area contributed by atoms with E-state index in [1.165, 1.54) is 18.4 Å². The Kier molecular flexibility index (Phi) is 8.15. The SMILES string of the molecule is CN=C(NCc1coc(-c2cccs2)n1)NCc1ccc(C)cc1OCC1CC1.I. The number of thiophene rings is 1. The third-order valence-corrected chi connectivity index (χ3v) is 5.64. The molecule has 0 saturated heterocycles. The highest BCUT2D eigenvalue weighted by atomic mass is 127. The van der Waals surface area contributed by atoms with Crippen LogP contribution < -0.4 is 15.4 Å². The number of halogens is 1. The summed E-state index contributed by atoms with van der Waals surface area (Å²) in [4.78, 5) is 9.85. The zero-order valence-electron chi connectivity index (χ0n) is 17.2. The van der Waals surface area contributed by atoms with Crippen molar-refractivity contribution in [2.45, 2.75) is 32.9 Å². The van der Waals surface area contributed by atoms with Gasteiger partial charge in [0, 0.05) is 19.2 Å². The molecule has 0 unspecified atom stereocenters. The summed E-state index contributed by atoms with van der Waals surface area (Å²) in [6, 6.07) is 10.3. The zero-order valence-corrected chi connectivity index (χ0v) is 20.3. The van der Waals surface area contributed by atoms with Gasteiger partial charge in [-0.15, -0.1) is 35.3 Å². The van der Waals surface area contributed by atoms with Gasteiger partial charge in [-0.1, -0.05) is 18.2 Å². The van der Waals surface area contributed by atoms with E-state index in [-0.39, 0.29) is 24.0 Å². The number of hydrogen-bond donors (Lipinski definition) is 2. The van der Waals surface area contributed by atoms with Gasteiger partial charge in [0.1, 0.15) is 12.0 Å². The molecule has 2 heterocycles. The number of benzene rings is 1. The first-order chi connectivity index (χ1) is 14.2. The van der Waals surface area contributed by atoms with Crippen LogP contribution in [0.5, 0.6) is 5.75 Å². The average molecular weight is 538 g/mol. The number of oxazole rings is 1. The second kappa shape index (κ2) is 10.8. The Bertz CT molecular complexity index is 967. The summed E-state index contributed by atoms with van der Waals surface area (Å²) >= 11 is 1.61. The second-order valence-corrected chi connectivity index (χ2v) is 8.21. The van der Waals surface area contributed by atoms with E-state index in [0.29, 0.717) is 24.9 Å². The maximum absolute atomic E-state index is 6.05. The van der Waals surface area contributed by atoms with E-state index in [1.54, 1.807) is 24.6 Å². The first-order valence-electron chi connectivity index (χ1n) is 9.86. The van der Waals surface area contributed by atoms with Gasteiger partial charge in [0.05, 0.1) is 23.7 Å². The van der Waals surface area contributed by atoms with Crippen molar-refractivity contribution >= 4 is 41.3 Å². The van der Waals surface area contributed by atoms with Crippen molar-refractivity contribution in [1.29, 1.82) is 0 Å². The molecule has 1 fully saturated rings. The van der Waals surface area contributed by atoms with Crippen LogP contribution in [0.3, 0.4) is 0 Å². The third kappa shape index (κ3) is 6.21. The maximum Gasteiger partial charge on any atom is 0.236 e. The fourth-order valence-corrected chi connectivity index (χ4v) is 3.57. The average Bonchev–Trinajstić information content (AvgIpc) is 3.18. The monoisotopic (exact) mass is 538 g/mol. The lowest BCUT2D eigenvalue weighted by molar-refractivity contribution is 0.296. The molecule has 0 bridgehead atoms. The molecule has 8 heteroatoms. The summed E-state index contributed by atoms with van der Waals surface area (Å²) < 4.78 is 11.6. The molecule has 2 N–H and O–H groups in total. The summed E-state index contributed by atoms with van der Waals surface area (Å²) in [5.74, 6) is 3.04. The van der Waals surface area contributed by atoms with E-state index in [1.807, 2.05) is 17.5 Å². The molecule has 6 nitrogen and oxygen atoms in total. The standard InChI is InChI=1S/C22H26N4O2S.HI/c1-15-5-8-17(19(10-15)27-13-16-6-7-16)11-24-22(23-2)25-12-18-14-28-21(26-18)20-4-3-9-29-20;/h3-5,8-10,14,16H,6-7,11-13H2,1-2H3,(H2,23,24,25);1H. The minimum absolute atomic E-state index is 0. The van der Waals surface area contributed by atoms with Crippen LogP contribution in [-0.4, -0.2) is 24.6 Å². The van der Waals surface area contributed by atoms with Crippen molar-refractivity contribution in [3.8, 4) is 16.5 Å². The predicted octanol–water partition coefficient (Wildman–Crippen LogP) is 4.98. The molecular weight excluding hydrogens is 511 g/mol. The summed E-state index contributed by atoms with van der Waals surface area (Å²) in [7, 11) is 1.76. The van der Waals surface area contributed by atoms with Crippen LogP contribution >= 0.6 is 35.3 Å². The third-order valence-electron chi connectivity index (χ3n) is 4.78. The van der Waals surface area contributed by atoms with Crippen molar-refractivity contribution in [2.75, 3.05) is 13.7 Å². The molecule has 4 rings (SSSR count). The van der Waals surface area contributed by atoms with Gasteiger partial charge in [0.15, 0.2) is 5.96 Å². The van der Waals surface area contributed by atoms with Crippen molar-refractivity contribution in [3.63, 3.8) is 0 Å². The summed E-state index contributed by atoms with van der Waals surface area (Å²) in [6.45, 7) is 4.07. The van der Waals surface area contributed by atoms with Crippen LogP contribution in [-0.2, 0) is 13.1 Å². The molecular formula is C22H27IN4O2S. The van der Waals surface area contributed by atoms with E-state index in [4.69, 9.17) is 9.15 Å². The van der Waals surface area contributed by atoms with Gasteiger partial charge in [-0.2, -0.15) is 0 Å². The molecule has 1 saturated carbocycles. The smallest absolute Gasteiger partial charge is 0.236 e. The Labute approximate surface area is 198 Å². The van der Waals surface area contributed by atoms with Crippen molar-refractivity contribution in [1.82, 2.24) is 15.6 Å². The molecule has 0 spiro atoms. The van der Waals surface area contributed by atoms with Gasteiger partial charge in [-0.3, -0.25) is 4.99 Å². The lowest BCUT2D eigenvalue weighted by Gasteiger charge is -2.15. The molecule has 0 amide bonds. The molecule has 3 aromatic rings. The molecule has 160 valence electrons. The molecule has 0 aliphatic heterocycles. The van der Waals surface area contributed by atoms with Crippen LogP contribution in [0, 0.1) is 12.8 Å². The highest BCUT2D eigenvalue weighted by Gasteiger charge is 2.22. The predicted molar refractivity (Wildman–Crippen MR) is 132 cm³/mol. The Balaban J connectivity index is 0.00000256. The number of aromatic nitrogens is 1. The molecule has 1 aromatic carbocycles. The number of hydrogen-bond acceptors (Lipinski definition) is 5. The topological polar surface area (TPSA) is 71.7 Å². The van der Waals surface area contributed by atoms with E-state index in [2.05, 4.69) is 45.7 Å². The van der Waals surface area contributed by atoms with Crippen molar-refractivity contribution in [3.05, 3.63) is 58.8 Å². The first-order valence-corrected chi connectivity index (χ1v) is 10.7. The Morgan fingerprint density at radius 1 is 1.27 bits per heavy atom. The maximum atomic E-state index is 6.05. The van der Waals surface area contributed by atoms with Crippen LogP contribution in [0.1, 0.15) is 29.7 Å². The lowest BCUT2D eigenvalue weighted by atomic mass is 10.1. The summed E-state index contributed by atoms with van der Waals surface area (Å²) in [5.41, 5.74) is 3.16. The Hall–Kier alpha value is -2.07. The summed E-state index contributed by atoms with van der Waals surface area (Å²) in [5, 5.41) is 8.65. The number of nitrogens with zero attached hydrogens (tertiary/aromatic N) is 2. The van der Waals surface area contributed by atoms with Crippen LogP contribution in [0.15, 0.2) is 51.4 Å².